The Kier molecular flexibility index (Phi) is 6.90. The number of H-pyrrole nitrogens is 1. The third-order valence-corrected chi connectivity index (χ3v) is 6.85. The van der Waals surface area contributed by atoms with E-state index in [0.717, 1.165) is 11.0 Å². The first-order chi connectivity index (χ1) is 19.6. The number of aliphatic hydroxyl groups is 2. The number of hydrogen-bond acceptors (Lipinski definition) is 8. The van der Waals surface area contributed by atoms with E-state index in [9.17, 15) is 19.8 Å². The van der Waals surface area contributed by atoms with Crippen molar-refractivity contribution in [1.29, 1.82) is 0 Å². The largest absolute Gasteiger partial charge is 0.443 e. The number of nitrogens with zero attached hydrogens (tertiary/aromatic N) is 5. The van der Waals surface area contributed by atoms with Crippen molar-refractivity contribution in [3.63, 3.8) is 0 Å². The summed E-state index contributed by atoms with van der Waals surface area (Å²) >= 11 is 0. The summed E-state index contributed by atoms with van der Waals surface area (Å²) in [6.45, 7) is 5.09. The van der Waals surface area contributed by atoms with Crippen LogP contribution in [0.1, 0.15) is 32.6 Å². The maximum absolute atomic E-state index is 15.6. The Balaban J connectivity index is 1.81. The van der Waals surface area contributed by atoms with Gasteiger partial charge in [-0.3, -0.25) is 9.69 Å². The van der Waals surface area contributed by atoms with Gasteiger partial charge in [-0.1, -0.05) is 0 Å². The average molecular weight is 581 g/mol. The number of aromatic nitrogens is 4. The molecule has 1 aromatic carbocycles. The Morgan fingerprint density at radius 1 is 1.10 bits per heavy atom. The fourth-order valence-corrected chi connectivity index (χ4v) is 5.02. The number of carbonyl (C=O) groups is 1. The van der Waals surface area contributed by atoms with Gasteiger partial charge in [0.05, 0.1) is 38.6 Å². The third-order valence-electron chi connectivity index (χ3n) is 6.85. The Hall–Kier alpha value is -4.62. The molecule has 0 aliphatic rings. The summed E-state index contributed by atoms with van der Waals surface area (Å²) in [5.41, 5.74) is 0.403. The van der Waals surface area contributed by atoms with E-state index in [1.54, 1.807) is 52.9 Å². The number of carbonyl (C=O) groups excluding carboxylic acids is 1. The molecule has 13 heteroatoms. The summed E-state index contributed by atoms with van der Waals surface area (Å²) < 4.78 is 37.6. The highest BCUT2D eigenvalue weighted by Crippen LogP contribution is 2.43. The molecule has 0 bridgehead atoms. The van der Waals surface area contributed by atoms with Crippen LogP contribution in [-0.2, 0) is 11.8 Å². The van der Waals surface area contributed by atoms with Crippen LogP contribution in [0.5, 0.6) is 0 Å². The molecule has 0 fully saturated rings. The zero-order valence-electron chi connectivity index (χ0n) is 24.1. The van der Waals surface area contributed by atoms with Crippen molar-refractivity contribution in [3.8, 4) is 11.1 Å². The van der Waals surface area contributed by atoms with Gasteiger partial charge in [0.25, 0.3) is 0 Å². The van der Waals surface area contributed by atoms with Gasteiger partial charge in [-0.15, -0.1) is 0 Å². The van der Waals surface area contributed by atoms with Crippen molar-refractivity contribution in [3.05, 3.63) is 58.1 Å². The highest BCUT2D eigenvalue weighted by molar-refractivity contribution is 6.19. The van der Waals surface area contributed by atoms with Gasteiger partial charge in [0.1, 0.15) is 16.9 Å². The first kappa shape index (κ1) is 28.9. The van der Waals surface area contributed by atoms with Crippen molar-refractivity contribution in [2.45, 2.75) is 32.7 Å². The predicted octanol–water partition coefficient (Wildman–Crippen LogP) is 4.33. The molecule has 4 heterocycles. The number of nitrogens with one attached hydrogen (secondary N) is 1. The minimum atomic E-state index is -1.98. The highest BCUT2D eigenvalue weighted by Gasteiger charge is 2.28. The standard InChI is InChI=1S/C29H30F2N6O5/c1-29(2,3)42-28(41)37(7)18-9-17(30)21(31)19-20-23(35(4)5)15(11-32-25(20)34-22(18)19)13-8-14-24(38)16(27(39)40)12-36(6)26(14)33-10-13/h8-12,27,39-40H,1-7H3,(H,32,34). The maximum Gasteiger partial charge on any atom is 0.414 e. The molecule has 0 aliphatic carbocycles. The Bertz CT molecular complexity index is 1960. The van der Waals surface area contributed by atoms with Crippen LogP contribution >= 0.6 is 0 Å². The Morgan fingerprint density at radius 2 is 1.79 bits per heavy atom. The molecule has 5 rings (SSSR count). The molecule has 0 aliphatic heterocycles. The van der Waals surface area contributed by atoms with Crippen molar-refractivity contribution in [2.24, 2.45) is 7.05 Å². The first-order valence-electron chi connectivity index (χ1n) is 12.9. The number of hydrogen-bond donors (Lipinski definition) is 3. The van der Waals surface area contributed by atoms with Crippen molar-refractivity contribution < 1.29 is 28.5 Å². The lowest BCUT2D eigenvalue weighted by atomic mass is 10.0. The lowest BCUT2D eigenvalue weighted by molar-refractivity contribution is -0.0435. The number of ether oxygens (including phenoxy) is 1. The average Bonchev–Trinajstić information content (AvgIpc) is 3.30. The van der Waals surface area contributed by atoms with E-state index in [2.05, 4.69) is 15.0 Å². The fourth-order valence-electron chi connectivity index (χ4n) is 5.02. The van der Waals surface area contributed by atoms with Crippen molar-refractivity contribution in [1.82, 2.24) is 19.5 Å². The second-order valence-corrected chi connectivity index (χ2v) is 11.2. The number of aliphatic hydroxyl groups excluding tert-OH is 1. The zero-order valence-corrected chi connectivity index (χ0v) is 24.1. The van der Waals surface area contributed by atoms with Crippen LogP contribution in [0.2, 0.25) is 0 Å². The van der Waals surface area contributed by atoms with E-state index in [1.165, 1.54) is 30.2 Å². The highest BCUT2D eigenvalue weighted by atomic mass is 19.2. The molecule has 4 aromatic heterocycles. The van der Waals surface area contributed by atoms with Gasteiger partial charge < -0.3 is 29.4 Å². The number of anilines is 2. The minimum Gasteiger partial charge on any atom is -0.443 e. The molecule has 42 heavy (non-hydrogen) atoms. The molecule has 0 atom stereocenters. The lowest BCUT2D eigenvalue weighted by Crippen LogP contribution is -2.34. The molecule has 5 aromatic rings. The Morgan fingerprint density at radius 3 is 2.40 bits per heavy atom. The van der Waals surface area contributed by atoms with Gasteiger partial charge in [-0.05, 0) is 26.8 Å². The number of aryl methyl sites for hydroxylation is 1. The van der Waals surface area contributed by atoms with Crippen LogP contribution in [-0.4, -0.2) is 62.6 Å². The molecule has 11 nitrogen and oxygen atoms in total. The minimum absolute atomic E-state index is 0.0494. The number of benzene rings is 1. The Labute approximate surface area is 238 Å². The second-order valence-electron chi connectivity index (χ2n) is 11.2. The van der Waals surface area contributed by atoms with Gasteiger partial charge in [0, 0.05) is 64.0 Å². The normalized spacial score (nSPS) is 12.1. The summed E-state index contributed by atoms with van der Waals surface area (Å²) in [6, 6.07) is 2.46. The first-order valence-corrected chi connectivity index (χ1v) is 12.9. The van der Waals surface area contributed by atoms with Crippen LogP contribution in [0.25, 0.3) is 44.1 Å². The number of pyridine rings is 3. The van der Waals surface area contributed by atoms with Crippen molar-refractivity contribution >= 4 is 50.4 Å². The molecular formula is C29H30F2N6O5. The molecule has 3 N–H and O–H groups in total. The number of halogens is 2. The van der Waals surface area contributed by atoms with Crippen LogP contribution in [0.3, 0.4) is 0 Å². The molecule has 0 saturated heterocycles. The molecule has 1 amide bonds. The fraction of sp³-hybridized carbons (Fsp3) is 0.310. The maximum atomic E-state index is 15.6. The third kappa shape index (κ3) is 4.69. The van der Waals surface area contributed by atoms with Gasteiger partial charge in [-0.25, -0.2) is 23.5 Å². The summed E-state index contributed by atoms with van der Waals surface area (Å²) in [4.78, 5) is 40.6. The van der Waals surface area contributed by atoms with Gasteiger partial charge in [0.15, 0.2) is 23.4 Å². The van der Waals surface area contributed by atoms with E-state index in [0.29, 0.717) is 22.5 Å². The monoisotopic (exact) mass is 580 g/mol. The van der Waals surface area contributed by atoms with Gasteiger partial charge in [-0.2, -0.15) is 0 Å². The SMILES string of the molecule is CN(C)c1c(-c2cnc3c(c2)c(=O)c(C(O)O)cn3C)cnc2[nH]c3c(N(C)C(=O)OC(C)(C)C)cc(F)c(F)c3c12. The molecule has 0 unspecified atom stereocenters. The topological polar surface area (TPSA) is 137 Å². The lowest BCUT2D eigenvalue weighted by Gasteiger charge is -2.25. The summed E-state index contributed by atoms with van der Waals surface area (Å²) in [5, 5.41) is 19.6. The van der Waals surface area contributed by atoms with E-state index in [-0.39, 0.29) is 38.6 Å². The second kappa shape index (κ2) is 10.0. The quantitative estimate of drug-likeness (QED) is 0.267. The number of aromatic amines is 1. The van der Waals surface area contributed by atoms with Crippen LogP contribution in [0, 0.1) is 11.6 Å². The predicted molar refractivity (Wildman–Crippen MR) is 156 cm³/mol. The molecule has 0 radical (unpaired) electrons. The number of amides is 1. The number of rotatable bonds is 4. The van der Waals surface area contributed by atoms with Crippen LogP contribution in [0.15, 0.2) is 35.5 Å². The van der Waals surface area contributed by atoms with Crippen LogP contribution < -0.4 is 15.2 Å². The molecule has 0 saturated carbocycles. The smallest absolute Gasteiger partial charge is 0.414 e. The summed E-state index contributed by atoms with van der Waals surface area (Å²) in [5.74, 6) is -2.30. The zero-order chi connectivity index (χ0) is 30.8. The number of fused-ring (bicyclic) bond motifs is 4. The van der Waals surface area contributed by atoms with Crippen LogP contribution in [0.4, 0.5) is 25.0 Å². The van der Waals surface area contributed by atoms with E-state index in [1.807, 2.05) is 0 Å². The van der Waals surface area contributed by atoms with E-state index >= 15 is 8.78 Å². The molecule has 0 spiro atoms. The van der Waals surface area contributed by atoms with E-state index in [4.69, 9.17) is 4.74 Å². The molecule has 220 valence electrons. The van der Waals surface area contributed by atoms with E-state index < -0.39 is 35.0 Å². The van der Waals surface area contributed by atoms with Gasteiger partial charge in [0.2, 0.25) is 0 Å². The molecular weight excluding hydrogens is 550 g/mol. The van der Waals surface area contributed by atoms with Gasteiger partial charge >= 0.3 is 6.09 Å². The summed E-state index contributed by atoms with van der Waals surface area (Å²) in [6.07, 6.45) is 1.59. The summed E-state index contributed by atoms with van der Waals surface area (Å²) in [7, 11) is 6.45. The van der Waals surface area contributed by atoms with Crippen molar-refractivity contribution in [2.75, 3.05) is 30.9 Å².